The molecular formula is C11H11F6N3O. The van der Waals surface area contributed by atoms with Crippen molar-refractivity contribution < 1.29 is 31.1 Å². The molecule has 0 fully saturated rings. The van der Waals surface area contributed by atoms with Crippen molar-refractivity contribution in [2.24, 2.45) is 5.84 Å². The number of alkyl halides is 6. The number of nitrogens with one attached hydrogen (secondary N) is 2. The molecular weight excluding hydrogens is 304 g/mol. The lowest BCUT2D eigenvalue weighted by molar-refractivity contribution is -0.137. The highest BCUT2D eigenvalue weighted by Crippen LogP contribution is 2.36. The summed E-state index contributed by atoms with van der Waals surface area (Å²) in [5.41, 5.74) is -0.622. The highest BCUT2D eigenvalue weighted by Gasteiger charge is 2.35. The van der Waals surface area contributed by atoms with Gasteiger partial charge in [0.1, 0.15) is 0 Å². The molecule has 0 radical (unpaired) electrons. The van der Waals surface area contributed by atoms with E-state index in [4.69, 9.17) is 5.84 Å². The van der Waals surface area contributed by atoms with Crippen molar-refractivity contribution in [3.8, 4) is 0 Å². The molecule has 21 heavy (non-hydrogen) atoms. The van der Waals surface area contributed by atoms with Crippen molar-refractivity contribution in [1.82, 2.24) is 5.32 Å². The van der Waals surface area contributed by atoms with Crippen LogP contribution >= 0.6 is 0 Å². The topological polar surface area (TPSA) is 67.1 Å². The molecule has 0 atom stereocenters. The van der Waals surface area contributed by atoms with Crippen LogP contribution in [0.1, 0.15) is 22.3 Å². The summed E-state index contributed by atoms with van der Waals surface area (Å²) >= 11 is 0. The highest BCUT2D eigenvalue weighted by atomic mass is 19.4. The van der Waals surface area contributed by atoms with E-state index in [2.05, 4.69) is 0 Å². The number of nitrogen functional groups attached to an aromatic ring is 1. The minimum atomic E-state index is -4.76. The summed E-state index contributed by atoms with van der Waals surface area (Å²) in [6, 6.07) is 2.68. The van der Waals surface area contributed by atoms with E-state index in [0.717, 1.165) is 12.1 Å². The van der Waals surface area contributed by atoms with E-state index in [1.54, 1.807) is 5.43 Å². The fraction of sp³-hybridized carbons (Fsp3) is 0.364. The summed E-state index contributed by atoms with van der Waals surface area (Å²) in [7, 11) is 0. The molecule has 0 bridgehead atoms. The van der Waals surface area contributed by atoms with Gasteiger partial charge in [-0.1, -0.05) is 6.07 Å². The summed E-state index contributed by atoms with van der Waals surface area (Å²) in [5, 5.41) is 1.89. The van der Waals surface area contributed by atoms with E-state index >= 15 is 0 Å². The fourth-order valence-electron chi connectivity index (χ4n) is 1.55. The van der Waals surface area contributed by atoms with Crippen LogP contribution in [0.15, 0.2) is 18.2 Å². The van der Waals surface area contributed by atoms with Crippen LogP contribution < -0.4 is 16.6 Å². The first-order valence-corrected chi connectivity index (χ1v) is 5.58. The Balaban J connectivity index is 2.95. The molecule has 1 amide bonds. The number of carbonyl (C=O) groups excluding carboxylic acids is 1. The van der Waals surface area contributed by atoms with Crippen molar-refractivity contribution in [2.75, 3.05) is 12.0 Å². The van der Waals surface area contributed by atoms with Crippen LogP contribution in [0.5, 0.6) is 0 Å². The molecule has 0 aliphatic rings. The first-order chi connectivity index (χ1) is 9.56. The minimum Gasteiger partial charge on any atom is -0.352 e. The van der Waals surface area contributed by atoms with Gasteiger partial charge in [-0.2, -0.15) is 26.3 Å². The molecule has 0 saturated carbocycles. The number of hydrogen-bond acceptors (Lipinski definition) is 3. The minimum absolute atomic E-state index is 0.491. The molecule has 4 nitrogen and oxygen atoms in total. The van der Waals surface area contributed by atoms with Crippen LogP contribution in [0.25, 0.3) is 0 Å². The standard InChI is InChI=1S/C11H11F6N3O/c12-10(13,14)4-5-19-9(21)6-2-1-3-7(8(6)20-18)11(15,16)17/h1-3,20H,4-5,18H2,(H,19,21). The summed E-state index contributed by atoms with van der Waals surface area (Å²) < 4.78 is 74.0. The Labute approximate surface area is 115 Å². The molecule has 10 heteroatoms. The predicted molar refractivity (Wildman–Crippen MR) is 62.3 cm³/mol. The van der Waals surface area contributed by atoms with Gasteiger partial charge >= 0.3 is 12.4 Å². The first-order valence-electron chi connectivity index (χ1n) is 5.58. The van der Waals surface area contributed by atoms with Crippen LogP contribution in [0, 0.1) is 0 Å². The second-order valence-corrected chi connectivity index (χ2v) is 3.99. The van der Waals surface area contributed by atoms with Crippen molar-refractivity contribution >= 4 is 11.6 Å². The summed E-state index contributed by atoms with van der Waals surface area (Å²) in [6.07, 6.45) is -10.5. The number of amides is 1. The SMILES string of the molecule is NNc1c(C(=O)NCCC(F)(F)F)cccc1C(F)(F)F. The van der Waals surface area contributed by atoms with Crippen LogP contribution in [-0.4, -0.2) is 18.6 Å². The smallest absolute Gasteiger partial charge is 0.352 e. The predicted octanol–water partition coefficient (Wildman–Crippen LogP) is 2.67. The Hall–Kier alpha value is -1.97. The second-order valence-electron chi connectivity index (χ2n) is 3.99. The van der Waals surface area contributed by atoms with Gasteiger partial charge in [-0.3, -0.25) is 10.6 Å². The van der Waals surface area contributed by atoms with E-state index in [1.165, 1.54) is 0 Å². The average Bonchev–Trinajstić information content (AvgIpc) is 2.35. The van der Waals surface area contributed by atoms with E-state index in [-0.39, 0.29) is 0 Å². The van der Waals surface area contributed by atoms with E-state index < -0.39 is 48.0 Å². The Morgan fingerprint density at radius 1 is 1.14 bits per heavy atom. The quantitative estimate of drug-likeness (QED) is 0.455. The third kappa shape index (κ3) is 4.81. The molecule has 0 saturated heterocycles. The number of hydrazine groups is 1. The van der Waals surface area contributed by atoms with Gasteiger partial charge < -0.3 is 10.7 Å². The Morgan fingerprint density at radius 2 is 1.76 bits per heavy atom. The Kier molecular flexibility index (Phi) is 5.05. The molecule has 4 N–H and O–H groups in total. The van der Waals surface area contributed by atoms with Gasteiger partial charge in [-0.05, 0) is 12.1 Å². The maximum atomic E-state index is 12.7. The van der Waals surface area contributed by atoms with Gasteiger partial charge in [0.25, 0.3) is 5.91 Å². The first kappa shape index (κ1) is 17.1. The number of nitrogens with two attached hydrogens (primary N) is 1. The van der Waals surface area contributed by atoms with Gasteiger partial charge in [0.2, 0.25) is 0 Å². The number of benzene rings is 1. The summed E-state index contributed by atoms with van der Waals surface area (Å²) in [5.74, 6) is 3.89. The van der Waals surface area contributed by atoms with E-state index in [9.17, 15) is 31.1 Å². The number of halogens is 6. The summed E-state index contributed by atoms with van der Waals surface area (Å²) in [6.45, 7) is -0.747. The van der Waals surface area contributed by atoms with Crippen LogP contribution in [0.4, 0.5) is 32.0 Å². The molecule has 0 aliphatic heterocycles. The van der Waals surface area contributed by atoms with E-state index in [0.29, 0.717) is 6.07 Å². The van der Waals surface area contributed by atoms with Gasteiger partial charge in [-0.25, -0.2) is 0 Å². The van der Waals surface area contributed by atoms with Gasteiger partial charge in [-0.15, -0.1) is 0 Å². The lowest BCUT2D eigenvalue weighted by Crippen LogP contribution is -2.29. The second kappa shape index (κ2) is 6.20. The van der Waals surface area contributed by atoms with Crippen LogP contribution in [-0.2, 0) is 6.18 Å². The number of para-hydroxylation sites is 1. The van der Waals surface area contributed by atoms with Gasteiger partial charge in [0.05, 0.1) is 23.2 Å². The highest BCUT2D eigenvalue weighted by molar-refractivity contribution is 6.00. The zero-order valence-electron chi connectivity index (χ0n) is 10.4. The molecule has 0 spiro atoms. The number of rotatable bonds is 4. The lowest BCUT2D eigenvalue weighted by Gasteiger charge is -2.16. The molecule has 0 aromatic heterocycles. The van der Waals surface area contributed by atoms with Crippen molar-refractivity contribution in [1.29, 1.82) is 0 Å². The third-order valence-electron chi connectivity index (χ3n) is 2.45. The molecule has 1 aromatic carbocycles. The van der Waals surface area contributed by atoms with E-state index in [1.807, 2.05) is 5.32 Å². The van der Waals surface area contributed by atoms with Crippen molar-refractivity contribution in [3.63, 3.8) is 0 Å². The fourth-order valence-corrected chi connectivity index (χ4v) is 1.55. The molecule has 0 heterocycles. The molecule has 1 rings (SSSR count). The van der Waals surface area contributed by atoms with Crippen LogP contribution in [0.3, 0.4) is 0 Å². The summed E-state index contributed by atoms with van der Waals surface area (Å²) in [4.78, 5) is 11.6. The molecule has 0 unspecified atom stereocenters. The largest absolute Gasteiger partial charge is 0.418 e. The monoisotopic (exact) mass is 315 g/mol. The molecule has 1 aromatic rings. The van der Waals surface area contributed by atoms with Crippen molar-refractivity contribution in [3.05, 3.63) is 29.3 Å². The Bertz CT molecular complexity index is 512. The van der Waals surface area contributed by atoms with Crippen LogP contribution in [0.2, 0.25) is 0 Å². The maximum absolute atomic E-state index is 12.7. The zero-order chi connectivity index (χ0) is 16.3. The zero-order valence-corrected chi connectivity index (χ0v) is 10.4. The normalized spacial score (nSPS) is 12.1. The maximum Gasteiger partial charge on any atom is 0.418 e. The Morgan fingerprint density at radius 3 is 2.24 bits per heavy atom. The average molecular weight is 315 g/mol. The molecule has 0 aliphatic carbocycles. The third-order valence-corrected chi connectivity index (χ3v) is 2.45. The lowest BCUT2D eigenvalue weighted by atomic mass is 10.1. The van der Waals surface area contributed by atoms with Crippen molar-refractivity contribution in [2.45, 2.75) is 18.8 Å². The van der Waals surface area contributed by atoms with Gasteiger partial charge in [0.15, 0.2) is 0 Å². The number of hydrogen-bond donors (Lipinski definition) is 3. The molecule has 118 valence electrons. The number of carbonyl (C=O) groups is 1. The number of anilines is 1. The van der Waals surface area contributed by atoms with Gasteiger partial charge in [0, 0.05) is 6.54 Å².